The molecule has 0 aliphatic heterocycles. The summed E-state index contributed by atoms with van der Waals surface area (Å²) in [6.45, 7) is 23.3. The molecular formula is C33H40O6. The number of rotatable bonds is 16. The van der Waals surface area contributed by atoms with Crippen molar-refractivity contribution in [2.24, 2.45) is 0 Å². The second kappa shape index (κ2) is 14.8. The molecule has 2 rings (SSSR count). The summed E-state index contributed by atoms with van der Waals surface area (Å²) in [4.78, 5) is 23.2. The maximum Gasteiger partial charge on any atom is 0.333 e. The van der Waals surface area contributed by atoms with Gasteiger partial charge in [0.15, 0.2) is 0 Å². The lowest BCUT2D eigenvalue weighted by molar-refractivity contribution is -0.140. The van der Waals surface area contributed by atoms with Crippen LogP contribution in [0, 0.1) is 0 Å². The smallest absolute Gasteiger partial charge is 0.333 e. The second-order valence-corrected chi connectivity index (χ2v) is 9.79. The molecule has 0 unspecified atom stereocenters. The average Bonchev–Trinajstić information content (AvgIpc) is 2.90. The fraction of sp³-hybridized carbons (Fsp3) is 0.333. The first-order valence-electron chi connectivity index (χ1n) is 12.9. The van der Waals surface area contributed by atoms with Gasteiger partial charge < -0.3 is 18.9 Å². The van der Waals surface area contributed by atoms with E-state index < -0.39 is 11.9 Å². The maximum absolute atomic E-state index is 11.6. The number of carbonyl (C=O) groups is 2. The van der Waals surface area contributed by atoms with Gasteiger partial charge in [-0.3, -0.25) is 0 Å². The Hall–Kier alpha value is -4.06. The van der Waals surface area contributed by atoms with Crippen LogP contribution in [-0.2, 0) is 37.3 Å². The number of ether oxygens (including phenoxy) is 4. The molecule has 0 amide bonds. The van der Waals surface area contributed by atoms with Crippen molar-refractivity contribution in [3.05, 3.63) is 108 Å². The third-order valence-electron chi connectivity index (χ3n) is 6.14. The number of benzene rings is 2. The second-order valence-electron chi connectivity index (χ2n) is 9.79. The lowest BCUT2D eigenvalue weighted by Crippen LogP contribution is -2.20. The third-order valence-corrected chi connectivity index (χ3v) is 6.14. The van der Waals surface area contributed by atoms with Crippen molar-refractivity contribution in [1.29, 1.82) is 0 Å². The molecule has 0 spiro atoms. The van der Waals surface area contributed by atoms with E-state index >= 15 is 0 Å². The van der Waals surface area contributed by atoms with Crippen LogP contribution in [0.2, 0.25) is 0 Å². The van der Waals surface area contributed by atoms with Gasteiger partial charge in [0.2, 0.25) is 0 Å². The van der Waals surface area contributed by atoms with Gasteiger partial charge in [-0.25, -0.2) is 9.59 Å². The van der Waals surface area contributed by atoms with Gasteiger partial charge in [0.1, 0.15) is 37.9 Å². The van der Waals surface area contributed by atoms with E-state index in [1.54, 1.807) is 13.8 Å². The van der Waals surface area contributed by atoms with Gasteiger partial charge in [0.25, 0.3) is 0 Å². The molecule has 6 nitrogen and oxygen atoms in total. The van der Waals surface area contributed by atoms with Crippen LogP contribution in [0.3, 0.4) is 0 Å². The van der Waals surface area contributed by atoms with E-state index in [-0.39, 0.29) is 31.8 Å². The standard InChI is InChI=1S/C33H40O6/c1-9-11-25-21-27(13-15-29(25)36-17-19-38-31(34)23(3)4)33(7,8)28-14-16-30(26(22-28)12-10-2)37-18-20-39-32(35)24(5)6/h9-10,13-16,21-22H,1-3,5,11-12,17-20H2,4,6-8H3. The van der Waals surface area contributed by atoms with Gasteiger partial charge in [-0.1, -0.05) is 63.4 Å². The van der Waals surface area contributed by atoms with Crippen molar-refractivity contribution in [3.8, 4) is 11.5 Å². The van der Waals surface area contributed by atoms with E-state index in [1.165, 1.54) is 0 Å². The molecule has 0 bridgehead atoms. The molecule has 0 saturated carbocycles. The summed E-state index contributed by atoms with van der Waals surface area (Å²) in [6.07, 6.45) is 4.94. The van der Waals surface area contributed by atoms with Crippen LogP contribution in [-0.4, -0.2) is 38.4 Å². The summed E-state index contributed by atoms with van der Waals surface area (Å²) in [7, 11) is 0. The molecule has 0 atom stereocenters. The molecule has 0 fully saturated rings. The summed E-state index contributed by atoms with van der Waals surface area (Å²) in [5, 5.41) is 0. The Kier molecular flexibility index (Phi) is 11.8. The highest BCUT2D eigenvalue weighted by Crippen LogP contribution is 2.36. The highest BCUT2D eigenvalue weighted by atomic mass is 16.6. The Morgan fingerprint density at radius 2 is 1.10 bits per heavy atom. The van der Waals surface area contributed by atoms with E-state index in [0.717, 1.165) is 33.8 Å². The lowest BCUT2D eigenvalue weighted by Gasteiger charge is -2.28. The molecule has 0 aromatic heterocycles. The van der Waals surface area contributed by atoms with Crippen molar-refractivity contribution in [2.75, 3.05) is 26.4 Å². The van der Waals surface area contributed by atoms with Gasteiger partial charge in [0.05, 0.1) is 0 Å². The molecule has 0 heterocycles. The Balaban J connectivity index is 2.21. The van der Waals surface area contributed by atoms with Crippen molar-refractivity contribution in [1.82, 2.24) is 0 Å². The van der Waals surface area contributed by atoms with E-state index in [1.807, 2.05) is 24.3 Å². The van der Waals surface area contributed by atoms with E-state index in [9.17, 15) is 9.59 Å². The first kappa shape index (κ1) is 31.2. The number of hydrogen-bond donors (Lipinski definition) is 0. The van der Waals surface area contributed by atoms with Crippen LogP contribution < -0.4 is 9.47 Å². The molecule has 0 N–H and O–H groups in total. The summed E-state index contributed by atoms with van der Waals surface area (Å²) in [5.74, 6) is 0.592. The summed E-state index contributed by atoms with van der Waals surface area (Å²) < 4.78 is 22.1. The van der Waals surface area contributed by atoms with Crippen LogP contribution in [0.25, 0.3) is 0 Å². The van der Waals surface area contributed by atoms with E-state index in [2.05, 4.69) is 64.4 Å². The molecular weight excluding hydrogens is 492 g/mol. The summed E-state index contributed by atoms with van der Waals surface area (Å²) >= 11 is 0. The Labute approximate surface area is 232 Å². The zero-order chi connectivity index (χ0) is 29.0. The minimum Gasteiger partial charge on any atom is -0.490 e. The fourth-order valence-corrected chi connectivity index (χ4v) is 3.83. The van der Waals surface area contributed by atoms with Crippen molar-refractivity contribution < 1.29 is 28.5 Å². The molecule has 6 heteroatoms. The molecule has 0 saturated heterocycles. The summed E-state index contributed by atoms with van der Waals surface area (Å²) in [5.41, 5.74) is 4.62. The topological polar surface area (TPSA) is 71.1 Å². The Bertz CT molecular complexity index is 1130. The molecule has 2 aromatic rings. The van der Waals surface area contributed by atoms with Gasteiger partial charge in [-0.15, -0.1) is 13.2 Å². The van der Waals surface area contributed by atoms with Gasteiger partial charge in [-0.05, 0) is 61.1 Å². The van der Waals surface area contributed by atoms with Gasteiger partial charge in [0, 0.05) is 16.6 Å². The quantitative estimate of drug-likeness (QED) is 0.107. The predicted molar refractivity (Wildman–Crippen MR) is 155 cm³/mol. The lowest BCUT2D eigenvalue weighted by atomic mass is 9.77. The minimum absolute atomic E-state index is 0.142. The molecule has 208 valence electrons. The van der Waals surface area contributed by atoms with Crippen molar-refractivity contribution >= 4 is 11.9 Å². The SMILES string of the molecule is C=CCc1cc(C(C)(C)c2ccc(OCCOC(=O)C(=C)C)c(CC=C)c2)ccc1OCCOC(=O)C(=C)C. The van der Waals surface area contributed by atoms with Crippen LogP contribution in [0.15, 0.2) is 86.0 Å². The zero-order valence-electron chi connectivity index (χ0n) is 23.6. The fourth-order valence-electron chi connectivity index (χ4n) is 3.83. The average molecular weight is 533 g/mol. The van der Waals surface area contributed by atoms with Crippen LogP contribution >= 0.6 is 0 Å². The molecule has 2 aromatic carbocycles. The maximum atomic E-state index is 11.6. The number of carbonyl (C=O) groups excluding carboxylic acids is 2. The summed E-state index contributed by atoms with van der Waals surface area (Å²) in [6, 6.07) is 12.3. The highest BCUT2D eigenvalue weighted by molar-refractivity contribution is 5.87. The van der Waals surface area contributed by atoms with Gasteiger partial charge in [-0.2, -0.15) is 0 Å². The van der Waals surface area contributed by atoms with Gasteiger partial charge >= 0.3 is 11.9 Å². The largest absolute Gasteiger partial charge is 0.490 e. The highest BCUT2D eigenvalue weighted by Gasteiger charge is 2.25. The van der Waals surface area contributed by atoms with Crippen LogP contribution in [0.5, 0.6) is 11.5 Å². The number of esters is 2. The monoisotopic (exact) mass is 532 g/mol. The number of allylic oxidation sites excluding steroid dienone is 2. The van der Waals surface area contributed by atoms with Crippen LogP contribution in [0.4, 0.5) is 0 Å². The first-order valence-corrected chi connectivity index (χ1v) is 12.9. The first-order chi connectivity index (χ1) is 18.5. The zero-order valence-corrected chi connectivity index (χ0v) is 23.6. The minimum atomic E-state index is -0.430. The van der Waals surface area contributed by atoms with Crippen molar-refractivity contribution in [3.63, 3.8) is 0 Å². The molecule has 0 aliphatic carbocycles. The molecule has 0 aliphatic rings. The predicted octanol–water partition coefficient (Wildman–Crippen LogP) is 6.47. The molecule has 39 heavy (non-hydrogen) atoms. The Morgan fingerprint density at radius 3 is 1.44 bits per heavy atom. The Morgan fingerprint density at radius 1 is 0.718 bits per heavy atom. The molecule has 0 radical (unpaired) electrons. The van der Waals surface area contributed by atoms with E-state index in [4.69, 9.17) is 18.9 Å². The number of hydrogen-bond acceptors (Lipinski definition) is 6. The van der Waals surface area contributed by atoms with Crippen LogP contribution in [0.1, 0.15) is 49.9 Å². The van der Waals surface area contributed by atoms with E-state index in [0.29, 0.717) is 24.0 Å². The van der Waals surface area contributed by atoms with Crippen molar-refractivity contribution in [2.45, 2.75) is 46.0 Å². The third kappa shape index (κ3) is 9.02. The normalized spacial score (nSPS) is 10.8.